The van der Waals surface area contributed by atoms with Crippen LogP contribution in [0, 0.1) is 0 Å². The summed E-state index contributed by atoms with van der Waals surface area (Å²) in [6.45, 7) is 5.80. The predicted molar refractivity (Wildman–Crippen MR) is 312 cm³/mol. The summed E-state index contributed by atoms with van der Waals surface area (Å²) in [7, 11) is 0. The lowest BCUT2D eigenvalue weighted by Crippen LogP contribution is -2.61. The number of hydrogen-bond donors (Lipinski definition) is 3. The maximum Gasteiger partial charge on any atom is 0.335 e. The second-order valence-electron chi connectivity index (χ2n) is 20.9. The van der Waals surface area contributed by atoms with Crippen LogP contribution in [0.25, 0.3) is 0 Å². The number of aliphatic hydroxyl groups excluding tert-OH is 2. The summed E-state index contributed by atoms with van der Waals surface area (Å²) in [6, 6.07) is 0. The molecule has 0 bridgehead atoms. The Balaban J connectivity index is 2.67. The van der Waals surface area contributed by atoms with Gasteiger partial charge in [0.2, 0.25) is 0 Å². The van der Waals surface area contributed by atoms with Crippen molar-refractivity contribution in [1.82, 2.24) is 0 Å². The first-order valence-electron chi connectivity index (χ1n) is 30.9. The number of allylic oxidation sites excluding steroid dienone is 12. The average molecular weight is 1080 g/mol. The highest BCUT2D eigenvalue weighted by molar-refractivity contribution is 5.74. The number of carbonyl (C=O) groups excluding carboxylic acids is 3. The molecule has 1 heterocycles. The Bertz CT molecular complexity index is 1620. The summed E-state index contributed by atoms with van der Waals surface area (Å²) in [5, 5.41) is 31.5. The van der Waals surface area contributed by atoms with E-state index in [1.807, 2.05) is 0 Å². The fourth-order valence-corrected chi connectivity index (χ4v) is 9.00. The molecule has 1 rings (SSSR count). The summed E-state index contributed by atoms with van der Waals surface area (Å²) >= 11 is 0. The third-order valence-electron chi connectivity index (χ3n) is 13.7. The van der Waals surface area contributed by atoms with Gasteiger partial charge in [-0.1, -0.05) is 216 Å². The molecule has 1 fully saturated rings. The fourth-order valence-electron chi connectivity index (χ4n) is 9.00. The molecule has 0 aromatic carbocycles. The van der Waals surface area contributed by atoms with Crippen LogP contribution in [0.1, 0.15) is 265 Å². The van der Waals surface area contributed by atoms with Crippen LogP contribution in [0.4, 0.5) is 0 Å². The molecule has 0 aromatic rings. The highest BCUT2D eigenvalue weighted by Crippen LogP contribution is 2.26. The Hall–Kier alpha value is -3.84. The van der Waals surface area contributed by atoms with Gasteiger partial charge in [0.15, 0.2) is 24.6 Å². The zero-order chi connectivity index (χ0) is 56.1. The predicted octanol–water partition coefficient (Wildman–Crippen LogP) is 16.1. The van der Waals surface area contributed by atoms with Crippen LogP contribution in [0.2, 0.25) is 0 Å². The Labute approximate surface area is 468 Å². The molecule has 0 spiro atoms. The van der Waals surface area contributed by atoms with Crippen LogP contribution in [-0.2, 0) is 42.9 Å². The minimum Gasteiger partial charge on any atom is -0.479 e. The summed E-state index contributed by atoms with van der Waals surface area (Å²) in [5.41, 5.74) is 0. The van der Waals surface area contributed by atoms with Crippen molar-refractivity contribution in [2.24, 2.45) is 0 Å². The minimum atomic E-state index is -1.91. The number of carboxylic acid groups (broad SMARTS) is 1. The largest absolute Gasteiger partial charge is 0.479 e. The molecule has 77 heavy (non-hydrogen) atoms. The second-order valence-corrected chi connectivity index (χ2v) is 20.9. The number of aliphatic carboxylic acids is 1. The molecule has 0 amide bonds. The SMILES string of the molecule is CC/C=C\C/C=C\C/C=C\CCCCCCCC(=O)OC1C(OCC(COC(=O)CCCCCCCCCCC/C=C\CCCCCCCC)OC(=O)CCCCCCC/C=C\C/C=C\CCC)OC(C(=O)O)C(O)C1O. The van der Waals surface area contributed by atoms with Gasteiger partial charge >= 0.3 is 23.9 Å². The molecule has 0 saturated carbocycles. The molecule has 442 valence electrons. The standard InChI is InChI=1S/C65H110O12/c1-4-7-10-13-16-19-22-25-27-28-29-30-32-34-36-39-42-45-48-51-57(66)73-54-56(75-58(67)52-49-46-43-40-37-33-24-21-18-15-12-9-6-3)55-74-65-63(61(70)60(69)62(77-65)64(71)72)76-59(68)53-50-47-44-41-38-35-31-26-23-20-17-14-11-8-5-2/h8,11-12,15,17,20-21,24-27,31,56,60-63,65,69-70H,4-7,9-10,13-14,16,18-19,22-23,28-30,32-55H2,1-3H3,(H,71,72)/b11-8-,15-12-,20-17-,24-21-,27-25-,31-26-. The molecule has 3 N–H and O–H groups in total. The van der Waals surface area contributed by atoms with Gasteiger partial charge in [-0.2, -0.15) is 0 Å². The van der Waals surface area contributed by atoms with E-state index < -0.39 is 67.3 Å². The zero-order valence-electron chi connectivity index (χ0n) is 48.7. The summed E-state index contributed by atoms with van der Waals surface area (Å²) in [6.07, 6.45) is 54.4. The van der Waals surface area contributed by atoms with Gasteiger partial charge in [-0.05, 0) is 103 Å². The molecule has 6 unspecified atom stereocenters. The van der Waals surface area contributed by atoms with E-state index in [-0.39, 0.29) is 25.9 Å². The Morgan fingerprint density at radius 1 is 0.442 bits per heavy atom. The van der Waals surface area contributed by atoms with Crippen LogP contribution in [0.15, 0.2) is 72.9 Å². The molecule has 0 radical (unpaired) electrons. The van der Waals surface area contributed by atoms with E-state index in [1.54, 1.807) is 0 Å². The third-order valence-corrected chi connectivity index (χ3v) is 13.7. The molecule has 6 atom stereocenters. The number of esters is 3. The Kier molecular flexibility index (Phi) is 48.8. The zero-order valence-corrected chi connectivity index (χ0v) is 48.7. The van der Waals surface area contributed by atoms with Crippen molar-refractivity contribution < 1.29 is 58.2 Å². The average Bonchev–Trinajstić information content (AvgIpc) is 3.42. The number of unbranched alkanes of at least 4 members (excludes halogenated alkanes) is 26. The van der Waals surface area contributed by atoms with Crippen LogP contribution < -0.4 is 0 Å². The topological polar surface area (TPSA) is 175 Å². The number of aliphatic hydroxyl groups is 2. The van der Waals surface area contributed by atoms with Crippen LogP contribution >= 0.6 is 0 Å². The number of carboxylic acids is 1. The highest BCUT2D eigenvalue weighted by Gasteiger charge is 2.50. The first-order chi connectivity index (χ1) is 37.6. The minimum absolute atomic E-state index is 0.0377. The van der Waals surface area contributed by atoms with Crippen molar-refractivity contribution in [1.29, 1.82) is 0 Å². The smallest absolute Gasteiger partial charge is 0.335 e. The number of ether oxygens (including phenoxy) is 5. The van der Waals surface area contributed by atoms with Gasteiger partial charge in [0.1, 0.15) is 18.8 Å². The molecule has 1 aliphatic heterocycles. The molecule has 1 aliphatic rings. The molecular weight excluding hydrogens is 973 g/mol. The van der Waals surface area contributed by atoms with E-state index in [0.717, 1.165) is 122 Å². The van der Waals surface area contributed by atoms with Crippen molar-refractivity contribution in [2.75, 3.05) is 13.2 Å². The van der Waals surface area contributed by atoms with Crippen LogP contribution in [-0.4, -0.2) is 89.2 Å². The van der Waals surface area contributed by atoms with Crippen molar-refractivity contribution in [2.45, 2.75) is 302 Å². The monoisotopic (exact) mass is 1080 g/mol. The number of carbonyl (C=O) groups is 4. The molecule has 1 saturated heterocycles. The lowest BCUT2D eigenvalue weighted by atomic mass is 9.98. The second kappa shape index (κ2) is 52.8. The van der Waals surface area contributed by atoms with Gasteiger partial charge in [0, 0.05) is 19.3 Å². The van der Waals surface area contributed by atoms with Gasteiger partial charge in [0.25, 0.3) is 0 Å². The molecule has 12 heteroatoms. The highest BCUT2D eigenvalue weighted by atomic mass is 16.7. The van der Waals surface area contributed by atoms with Crippen molar-refractivity contribution in [3.63, 3.8) is 0 Å². The van der Waals surface area contributed by atoms with Gasteiger partial charge in [-0.25, -0.2) is 4.79 Å². The van der Waals surface area contributed by atoms with E-state index in [1.165, 1.54) is 83.5 Å². The van der Waals surface area contributed by atoms with Gasteiger partial charge < -0.3 is 39.0 Å². The van der Waals surface area contributed by atoms with E-state index in [0.29, 0.717) is 19.3 Å². The summed E-state index contributed by atoms with van der Waals surface area (Å²) in [5.74, 6) is -3.16. The van der Waals surface area contributed by atoms with Gasteiger partial charge in [0.05, 0.1) is 6.61 Å². The first kappa shape index (κ1) is 71.2. The number of rotatable bonds is 52. The number of hydrogen-bond acceptors (Lipinski definition) is 11. The van der Waals surface area contributed by atoms with E-state index >= 15 is 0 Å². The van der Waals surface area contributed by atoms with Gasteiger partial charge in [-0.15, -0.1) is 0 Å². The fraction of sp³-hybridized carbons (Fsp3) is 0.754. The molecule has 0 aromatic heterocycles. The van der Waals surface area contributed by atoms with Crippen LogP contribution in [0.3, 0.4) is 0 Å². The maximum atomic E-state index is 13.1. The third kappa shape index (κ3) is 42.7. The molecule has 12 nitrogen and oxygen atoms in total. The van der Waals surface area contributed by atoms with Crippen molar-refractivity contribution in [3.05, 3.63) is 72.9 Å². The Morgan fingerprint density at radius 3 is 1.31 bits per heavy atom. The molecular formula is C65H110O12. The first-order valence-corrected chi connectivity index (χ1v) is 30.9. The van der Waals surface area contributed by atoms with E-state index in [4.69, 9.17) is 23.7 Å². The quantitative estimate of drug-likeness (QED) is 0.0228. The summed E-state index contributed by atoms with van der Waals surface area (Å²) in [4.78, 5) is 51.2. The van der Waals surface area contributed by atoms with E-state index in [2.05, 4.69) is 93.7 Å². The lowest BCUT2D eigenvalue weighted by Gasteiger charge is -2.40. The normalized spacial score (nSPS) is 18.5. The van der Waals surface area contributed by atoms with Crippen LogP contribution in [0.5, 0.6) is 0 Å². The lowest BCUT2D eigenvalue weighted by molar-refractivity contribution is -0.301. The maximum absolute atomic E-state index is 13.1. The van der Waals surface area contributed by atoms with Crippen molar-refractivity contribution in [3.8, 4) is 0 Å². The van der Waals surface area contributed by atoms with E-state index in [9.17, 15) is 34.5 Å². The molecule has 0 aliphatic carbocycles. The van der Waals surface area contributed by atoms with Gasteiger partial charge in [-0.3, -0.25) is 14.4 Å². The van der Waals surface area contributed by atoms with Crippen molar-refractivity contribution >= 4 is 23.9 Å². The summed E-state index contributed by atoms with van der Waals surface area (Å²) < 4.78 is 28.4. The Morgan fingerprint density at radius 2 is 0.844 bits per heavy atom.